The molecule has 3 nitrogen and oxygen atoms in total. The molecule has 0 aliphatic carbocycles. The second-order valence-electron chi connectivity index (χ2n) is 4.42. The lowest BCUT2D eigenvalue weighted by atomic mass is 10.0. The summed E-state index contributed by atoms with van der Waals surface area (Å²) >= 11 is 0. The Balaban J connectivity index is 2.37. The molecule has 0 atom stereocenters. The zero-order valence-corrected chi connectivity index (χ0v) is 11.1. The molecule has 0 fully saturated rings. The molecule has 0 aliphatic rings. The highest BCUT2D eigenvalue weighted by molar-refractivity contribution is 5.98. The van der Waals surface area contributed by atoms with E-state index in [2.05, 4.69) is 4.98 Å². The van der Waals surface area contributed by atoms with E-state index in [9.17, 15) is 22.4 Å². The summed E-state index contributed by atoms with van der Waals surface area (Å²) in [5, 5.41) is 0. The smallest absolute Gasteiger partial charge is 0.335 e. The van der Waals surface area contributed by atoms with Crippen LogP contribution in [0.2, 0.25) is 0 Å². The van der Waals surface area contributed by atoms with Gasteiger partial charge < -0.3 is 4.57 Å². The van der Waals surface area contributed by atoms with Gasteiger partial charge in [0.25, 0.3) is 0 Å². The van der Waals surface area contributed by atoms with Crippen LogP contribution < -0.4 is 0 Å². The van der Waals surface area contributed by atoms with Crippen LogP contribution >= 0.6 is 0 Å². The molecule has 0 aliphatic heterocycles. The maximum absolute atomic E-state index is 13.2. The van der Waals surface area contributed by atoms with E-state index < -0.39 is 28.9 Å². The number of rotatable bonds is 4. The molecule has 0 spiro atoms. The number of alkyl halides is 3. The SMILES string of the molecule is CCn1ccnc1CC(=O)c1cc(F)ccc1C(F)(F)F. The highest BCUT2D eigenvalue weighted by Gasteiger charge is 2.35. The molecule has 0 N–H and O–H groups in total. The van der Waals surface area contributed by atoms with E-state index in [0.717, 1.165) is 0 Å². The summed E-state index contributed by atoms with van der Waals surface area (Å²) in [5.74, 6) is -1.35. The highest BCUT2D eigenvalue weighted by atomic mass is 19.4. The molecule has 0 unspecified atom stereocenters. The first kappa shape index (κ1) is 15.2. The molecule has 0 radical (unpaired) electrons. The number of imidazole rings is 1. The monoisotopic (exact) mass is 300 g/mol. The molecule has 0 amide bonds. The Morgan fingerprint density at radius 1 is 1.33 bits per heavy atom. The Hall–Kier alpha value is -2.18. The Labute approximate surface area is 118 Å². The summed E-state index contributed by atoms with van der Waals surface area (Å²) in [4.78, 5) is 16.0. The largest absolute Gasteiger partial charge is 0.417 e. The fourth-order valence-electron chi connectivity index (χ4n) is 2.03. The highest BCUT2D eigenvalue weighted by Crippen LogP contribution is 2.32. The molecule has 2 rings (SSSR count). The lowest BCUT2D eigenvalue weighted by molar-refractivity contribution is -0.137. The Morgan fingerprint density at radius 2 is 2.05 bits per heavy atom. The fourth-order valence-corrected chi connectivity index (χ4v) is 2.03. The second kappa shape index (κ2) is 5.67. The van der Waals surface area contributed by atoms with E-state index in [1.165, 1.54) is 6.20 Å². The zero-order valence-electron chi connectivity index (χ0n) is 11.1. The average molecular weight is 300 g/mol. The summed E-state index contributed by atoms with van der Waals surface area (Å²) in [6.07, 6.45) is -1.94. The van der Waals surface area contributed by atoms with Crippen LogP contribution in [0.1, 0.15) is 28.7 Å². The van der Waals surface area contributed by atoms with Crippen LogP contribution in [-0.2, 0) is 19.1 Å². The van der Waals surface area contributed by atoms with Gasteiger partial charge in [0.15, 0.2) is 5.78 Å². The summed E-state index contributed by atoms with van der Waals surface area (Å²) in [7, 11) is 0. The molecule has 2 aromatic rings. The molecule has 112 valence electrons. The van der Waals surface area contributed by atoms with Crippen molar-refractivity contribution in [3.63, 3.8) is 0 Å². The van der Waals surface area contributed by atoms with Crippen LogP contribution in [0.4, 0.5) is 17.6 Å². The number of aryl methyl sites for hydroxylation is 1. The molecule has 7 heteroatoms. The quantitative estimate of drug-likeness (QED) is 0.640. The maximum Gasteiger partial charge on any atom is 0.417 e. The number of carbonyl (C=O) groups excluding carboxylic acids is 1. The van der Waals surface area contributed by atoms with Gasteiger partial charge in [0.2, 0.25) is 0 Å². The van der Waals surface area contributed by atoms with Crippen LogP contribution in [0.5, 0.6) is 0 Å². The van der Waals surface area contributed by atoms with Gasteiger partial charge >= 0.3 is 6.18 Å². The second-order valence-corrected chi connectivity index (χ2v) is 4.42. The van der Waals surface area contributed by atoms with Crippen LogP contribution in [-0.4, -0.2) is 15.3 Å². The predicted molar refractivity (Wildman–Crippen MR) is 67.3 cm³/mol. The third-order valence-electron chi connectivity index (χ3n) is 3.05. The molecule has 0 saturated heterocycles. The average Bonchev–Trinajstić information content (AvgIpc) is 2.84. The minimum absolute atomic E-state index is 0.312. The van der Waals surface area contributed by atoms with Gasteiger partial charge in [0.1, 0.15) is 11.6 Å². The molecular weight excluding hydrogens is 288 g/mol. The van der Waals surface area contributed by atoms with Gasteiger partial charge in [-0.05, 0) is 25.1 Å². The number of aromatic nitrogens is 2. The number of benzene rings is 1. The van der Waals surface area contributed by atoms with Gasteiger partial charge in [0.05, 0.1) is 12.0 Å². The molecule has 1 heterocycles. The molecule has 1 aromatic carbocycles. The third kappa shape index (κ3) is 3.29. The molecular formula is C14H12F4N2O. The van der Waals surface area contributed by atoms with Gasteiger partial charge in [-0.2, -0.15) is 13.2 Å². The van der Waals surface area contributed by atoms with Crippen molar-refractivity contribution in [1.29, 1.82) is 0 Å². The zero-order chi connectivity index (χ0) is 15.6. The van der Waals surface area contributed by atoms with Crippen molar-refractivity contribution in [2.45, 2.75) is 26.1 Å². The van der Waals surface area contributed by atoms with Crippen LogP contribution in [0.15, 0.2) is 30.6 Å². The Morgan fingerprint density at radius 3 is 2.67 bits per heavy atom. The number of carbonyl (C=O) groups is 1. The van der Waals surface area contributed by atoms with Crippen molar-refractivity contribution >= 4 is 5.78 Å². The van der Waals surface area contributed by atoms with Crippen molar-refractivity contribution in [2.75, 3.05) is 0 Å². The summed E-state index contributed by atoms with van der Waals surface area (Å²) in [5.41, 5.74) is -1.81. The first-order valence-electron chi connectivity index (χ1n) is 6.23. The van der Waals surface area contributed by atoms with Gasteiger partial charge in [0, 0.05) is 24.5 Å². The van der Waals surface area contributed by atoms with Gasteiger partial charge in [-0.15, -0.1) is 0 Å². The first-order valence-corrected chi connectivity index (χ1v) is 6.23. The van der Waals surface area contributed by atoms with E-state index in [1.807, 2.05) is 6.92 Å². The van der Waals surface area contributed by atoms with E-state index in [-0.39, 0.29) is 6.42 Å². The maximum atomic E-state index is 13.2. The standard InChI is InChI=1S/C14H12F4N2O/c1-2-20-6-5-19-13(20)8-12(21)10-7-9(15)3-4-11(10)14(16,17)18/h3-7H,2,8H2,1H3. The van der Waals surface area contributed by atoms with Crippen molar-refractivity contribution in [3.8, 4) is 0 Å². The number of hydrogen-bond acceptors (Lipinski definition) is 2. The normalized spacial score (nSPS) is 11.7. The number of halogens is 4. The van der Waals surface area contributed by atoms with Crippen LogP contribution in [0, 0.1) is 5.82 Å². The van der Waals surface area contributed by atoms with Crippen molar-refractivity contribution in [1.82, 2.24) is 9.55 Å². The van der Waals surface area contributed by atoms with E-state index in [1.54, 1.807) is 10.8 Å². The van der Waals surface area contributed by atoms with Crippen molar-refractivity contribution in [2.24, 2.45) is 0 Å². The number of Topliss-reactive ketones (excluding diaryl/α,β-unsaturated/α-hetero) is 1. The summed E-state index contributed by atoms with van der Waals surface area (Å²) in [6, 6.07) is 1.88. The lowest BCUT2D eigenvalue weighted by Gasteiger charge is -2.12. The van der Waals surface area contributed by atoms with E-state index >= 15 is 0 Å². The topological polar surface area (TPSA) is 34.9 Å². The van der Waals surface area contributed by atoms with Gasteiger partial charge in [-0.1, -0.05) is 0 Å². The van der Waals surface area contributed by atoms with Crippen molar-refractivity contribution in [3.05, 3.63) is 53.4 Å². The van der Waals surface area contributed by atoms with Gasteiger partial charge in [-0.25, -0.2) is 9.37 Å². The third-order valence-corrected chi connectivity index (χ3v) is 3.05. The number of ketones is 1. The van der Waals surface area contributed by atoms with Gasteiger partial charge in [-0.3, -0.25) is 4.79 Å². The van der Waals surface area contributed by atoms with E-state index in [0.29, 0.717) is 30.6 Å². The van der Waals surface area contributed by atoms with E-state index in [4.69, 9.17) is 0 Å². The number of nitrogens with zero attached hydrogens (tertiary/aromatic N) is 2. The van der Waals surface area contributed by atoms with Crippen LogP contribution in [0.25, 0.3) is 0 Å². The predicted octanol–water partition coefficient (Wildman–Crippen LogP) is 3.49. The molecule has 1 aromatic heterocycles. The minimum atomic E-state index is -4.71. The lowest BCUT2D eigenvalue weighted by Crippen LogP contribution is -2.16. The Kier molecular flexibility index (Phi) is 4.11. The number of hydrogen-bond donors (Lipinski definition) is 0. The molecule has 0 saturated carbocycles. The summed E-state index contributed by atoms with van der Waals surface area (Å²) < 4.78 is 53.4. The fraction of sp³-hybridized carbons (Fsp3) is 0.286. The van der Waals surface area contributed by atoms with Crippen LogP contribution in [0.3, 0.4) is 0 Å². The molecule has 0 bridgehead atoms. The minimum Gasteiger partial charge on any atom is -0.335 e. The molecule has 21 heavy (non-hydrogen) atoms. The summed E-state index contributed by atoms with van der Waals surface area (Å²) in [6.45, 7) is 2.36. The van der Waals surface area contributed by atoms with Crippen molar-refractivity contribution < 1.29 is 22.4 Å². The first-order chi connectivity index (χ1) is 9.82. The Bertz CT molecular complexity index is 661.